The molecule has 0 bridgehead atoms. The first-order valence-electron chi connectivity index (χ1n) is 8.96. The van der Waals surface area contributed by atoms with E-state index in [4.69, 9.17) is 4.74 Å². The Balaban J connectivity index is 1.51. The highest BCUT2D eigenvalue weighted by Crippen LogP contribution is 2.57. The number of aromatic hydroxyl groups is 1. The molecule has 0 atom stereocenters. The Labute approximate surface area is 151 Å². The quantitative estimate of drug-likeness (QED) is 0.888. The van der Waals surface area contributed by atoms with Gasteiger partial charge in [0.25, 0.3) is 5.91 Å². The van der Waals surface area contributed by atoms with Crippen LogP contribution in [0.25, 0.3) is 0 Å². The van der Waals surface area contributed by atoms with E-state index in [1.165, 1.54) is 18.0 Å². The van der Waals surface area contributed by atoms with E-state index in [9.17, 15) is 9.90 Å². The number of hydrogen-bond donors (Lipinski definition) is 1. The molecule has 5 rings (SSSR count). The lowest BCUT2D eigenvalue weighted by atomic mass is 9.97. The zero-order valence-electron chi connectivity index (χ0n) is 14.4. The van der Waals surface area contributed by atoms with Crippen molar-refractivity contribution in [2.24, 2.45) is 0 Å². The van der Waals surface area contributed by atoms with Crippen LogP contribution < -0.4 is 4.90 Å². The Morgan fingerprint density at radius 2 is 1.88 bits per heavy atom. The minimum absolute atomic E-state index is 0.0411. The van der Waals surface area contributed by atoms with Crippen LogP contribution in [0.4, 0.5) is 11.6 Å². The van der Waals surface area contributed by atoms with Crippen molar-refractivity contribution in [1.29, 1.82) is 0 Å². The summed E-state index contributed by atoms with van der Waals surface area (Å²) in [6.45, 7) is 3.26. The van der Waals surface area contributed by atoms with Gasteiger partial charge in [0.05, 0.1) is 25.6 Å². The zero-order valence-corrected chi connectivity index (χ0v) is 14.4. The number of rotatable bonds is 2. The fourth-order valence-corrected chi connectivity index (χ4v) is 3.97. The summed E-state index contributed by atoms with van der Waals surface area (Å²) in [6.07, 6.45) is 5.10. The fourth-order valence-electron chi connectivity index (χ4n) is 3.97. The maximum atomic E-state index is 12.9. The molecule has 0 unspecified atom stereocenters. The van der Waals surface area contributed by atoms with Gasteiger partial charge in [0.15, 0.2) is 5.75 Å². The zero-order chi connectivity index (χ0) is 17.7. The third-order valence-corrected chi connectivity index (χ3v) is 5.59. The lowest BCUT2D eigenvalue weighted by Crippen LogP contribution is -2.40. The Bertz CT molecular complexity index is 858. The number of carbonyl (C=O) groups is 1. The Morgan fingerprint density at radius 1 is 1.15 bits per heavy atom. The van der Waals surface area contributed by atoms with E-state index in [1.807, 2.05) is 17.0 Å². The molecule has 1 saturated carbocycles. The number of aromatic nitrogens is 2. The molecule has 7 heteroatoms. The van der Waals surface area contributed by atoms with E-state index in [0.29, 0.717) is 37.8 Å². The normalized spacial score (nSPS) is 20.3. The molecule has 1 aliphatic carbocycles. The molecule has 1 amide bonds. The van der Waals surface area contributed by atoms with Crippen LogP contribution in [0.1, 0.15) is 28.8 Å². The molecule has 3 aliphatic rings. The monoisotopic (exact) mass is 352 g/mol. The first-order chi connectivity index (χ1) is 12.7. The second-order valence-electron chi connectivity index (χ2n) is 7.24. The summed E-state index contributed by atoms with van der Waals surface area (Å²) in [5, 5.41) is 9.47. The van der Waals surface area contributed by atoms with Crippen LogP contribution in [-0.4, -0.2) is 58.7 Å². The van der Waals surface area contributed by atoms with Crippen molar-refractivity contribution in [3.8, 4) is 5.75 Å². The van der Waals surface area contributed by atoms with Crippen molar-refractivity contribution >= 4 is 17.5 Å². The molecular weight excluding hydrogens is 332 g/mol. The molecule has 1 spiro atoms. The highest BCUT2D eigenvalue weighted by molar-refractivity contribution is 5.96. The maximum Gasteiger partial charge on any atom is 0.254 e. The van der Waals surface area contributed by atoms with Gasteiger partial charge in [-0.1, -0.05) is 6.07 Å². The number of carbonyl (C=O) groups excluding carboxylic acids is 1. The lowest BCUT2D eigenvalue weighted by Gasteiger charge is -2.27. The first-order valence-corrected chi connectivity index (χ1v) is 8.96. The minimum Gasteiger partial charge on any atom is -0.505 e. The number of ether oxygens (including phenoxy) is 1. The van der Waals surface area contributed by atoms with Crippen LogP contribution in [0.3, 0.4) is 0 Å². The van der Waals surface area contributed by atoms with Crippen molar-refractivity contribution < 1.29 is 14.6 Å². The van der Waals surface area contributed by atoms with Gasteiger partial charge in [0, 0.05) is 36.3 Å². The minimum atomic E-state index is 0.0411. The number of nitrogens with zero attached hydrogens (tertiary/aromatic N) is 4. The topological polar surface area (TPSA) is 78.8 Å². The van der Waals surface area contributed by atoms with Gasteiger partial charge in [0.1, 0.15) is 0 Å². The van der Waals surface area contributed by atoms with Gasteiger partial charge in [0.2, 0.25) is 5.95 Å². The number of hydrogen-bond acceptors (Lipinski definition) is 6. The van der Waals surface area contributed by atoms with Crippen LogP contribution in [0, 0.1) is 0 Å². The van der Waals surface area contributed by atoms with Gasteiger partial charge >= 0.3 is 0 Å². The van der Waals surface area contributed by atoms with Crippen molar-refractivity contribution in [1.82, 2.24) is 14.9 Å². The summed E-state index contributed by atoms with van der Waals surface area (Å²) in [5.41, 5.74) is 3.13. The molecular formula is C19H20N4O3. The third kappa shape index (κ3) is 2.42. The highest BCUT2D eigenvalue weighted by atomic mass is 16.5. The van der Waals surface area contributed by atoms with Crippen molar-refractivity contribution in [3.63, 3.8) is 0 Å². The largest absolute Gasteiger partial charge is 0.505 e. The van der Waals surface area contributed by atoms with Crippen molar-refractivity contribution in [2.75, 3.05) is 37.7 Å². The van der Waals surface area contributed by atoms with E-state index < -0.39 is 0 Å². The first kappa shape index (κ1) is 15.6. The summed E-state index contributed by atoms with van der Waals surface area (Å²) in [4.78, 5) is 25.3. The second-order valence-corrected chi connectivity index (χ2v) is 7.24. The van der Waals surface area contributed by atoms with Crippen LogP contribution in [0.2, 0.25) is 0 Å². The maximum absolute atomic E-state index is 12.9. The molecule has 134 valence electrons. The van der Waals surface area contributed by atoms with Crippen molar-refractivity contribution in [3.05, 3.63) is 41.7 Å². The molecule has 7 nitrogen and oxygen atoms in total. The molecule has 2 aromatic rings. The molecule has 26 heavy (non-hydrogen) atoms. The highest BCUT2D eigenvalue weighted by Gasteiger charge is 2.52. The molecule has 2 aliphatic heterocycles. The average Bonchev–Trinajstić information content (AvgIpc) is 3.40. The second kappa shape index (κ2) is 5.67. The molecule has 1 saturated heterocycles. The molecule has 3 heterocycles. The summed E-state index contributed by atoms with van der Waals surface area (Å²) >= 11 is 0. The average molecular weight is 352 g/mol. The van der Waals surface area contributed by atoms with E-state index >= 15 is 0 Å². The molecule has 0 radical (unpaired) electrons. The number of amides is 1. The lowest BCUT2D eigenvalue weighted by molar-refractivity contribution is 0.0303. The van der Waals surface area contributed by atoms with E-state index in [2.05, 4.69) is 20.9 Å². The standard InChI is InChI=1S/C19H20N4O3/c24-14-10-20-18(21-11-14)23-12-19(3-4-19)15-2-1-13(9-16(15)23)17(25)22-5-7-26-8-6-22/h1-2,9-11,24H,3-8,12H2. The third-order valence-electron chi connectivity index (χ3n) is 5.59. The predicted octanol–water partition coefficient (Wildman–Crippen LogP) is 1.84. The molecule has 2 fully saturated rings. The Morgan fingerprint density at radius 3 is 2.58 bits per heavy atom. The van der Waals surface area contributed by atoms with Crippen molar-refractivity contribution in [2.45, 2.75) is 18.3 Å². The van der Waals surface area contributed by atoms with Gasteiger partial charge in [-0.05, 0) is 30.5 Å². The number of fused-ring (bicyclic) bond motifs is 2. The van der Waals surface area contributed by atoms with Crippen LogP contribution >= 0.6 is 0 Å². The van der Waals surface area contributed by atoms with Gasteiger partial charge in [-0.2, -0.15) is 0 Å². The van der Waals surface area contributed by atoms with E-state index in [-0.39, 0.29) is 17.1 Å². The van der Waals surface area contributed by atoms with Gasteiger partial charge in [-0.25, -0.2) is 9.97 Å². The smallest absolute Gasteiger partial charge is 0.254 e. The van der Waals surface area contributed by atoms with E-state index in [0.717, 1.165) is 25.1 Å². The summed E-state index contributed by atoms with van der Waals surface area (Å²) < 4.78 is 5.34. The van der Waals surface area contributed by atoms with Crippen LogP contribution in [0.15, 0.2) is 30.6 Å². The summed E-state index contributed by atoms with van der Waals surface area (Å²) in [5.74, 6) is 0.647. The fraction of sp³-hybridized carbons (Fsp3) is 0.421. The molecule has 1 N–H and O–H groups in total. The SMILES string of the molecule is O=C(c1ccc2c(c1)N(c1ncc(O)cn1)CC21CC1)N1CCOCC1. The van der Waals surface area contributed by atoms with Crippen LogP contribution in [-0.2, 0) is 10.2 Å². The van der Waals surface area contributed by atoms with Crippen LogP contribution in [0.5, 0.6) is 5.75 Å². The van der Waals surface area contributed by atoms with E-state index in [1.54, 1.807) is 0 Å². The predicted molar refractivity (Wildman–Crippen MR) is 94.8 cm³/mol. The van der Waals surface area contributed by atoms with Gasteiger partial charge in [-0.3, -0.25) is 4.79 Å². The molecule has 1 aromatic heterocycles. The summed E-state index contributed by atoms with van der Waals surface area (Å²) in [7, 11) is 0. The molecule has 1 aromatic carbocycles. The number of benzene rings is 1. The summed E-state index contributed by atoms with van der Waals surface area (Å²) in [6, 6.07) is 6.00. The number of morpholine rings is 1. The van der Waals surface area contributed by atoms with Gasteiger partial charge in [-0.15, -0.1) is 0 Å². The Hall–Kier alpha value is -2.67. The Kier molecular flexibility index (Phi) is 3.40. The number of anilines is 2. The van der Waals surface area contributed by atoms with Gasteiger partial charge < -0.3 is 19.6 Å².